The van der Waals surface area contributed by atoms with Gasteiger partial charge in [-0.05, 0) is 31.1 Å². The van der Waals surface area contributed by atoms with Crippen molar-refractivity contribution in [2.24, 2.45) is 11.8 Å². The first kappa shape index (κ1) is 13.6. The molecule has 0 aromatic carbocycles. The number of aliphatic carboxylic acids is 2. The SMILES string of the molecule is O=C(O)C[C@@H](NC(=O)NC1CC2CCC1C2)C(=O)O. The Morgan fingerprint density at radius 1 is 1.16 bits per heavy atom. The summed E-state index contributed by atoms with van der Waals surface area (Å²) in [4.78, 5) is 33.0. The topological polar surface area (TPSA) is 116 Å². The van der Waals surface area contributed by atoms with Crippen molar-refractivity contribution in [2.45, 2.75) is 44.2 Å². The van der Waals surface area contributed by atoms with Crippen LogP contribution in [0, 0.1) is 11.8 Å². The Labute approximate surface area is 110 Å². The van der Waals surface area contributed by atoms with Gasteiger partial charge >= 0.3 is 18.0 Å². The molecule has 3 unspecified atom stereocenters. The van der Waals surface area contributed by atoms with Crippen LogP contribution in [0.2, 0.25) is 0 Å². The van der Waals surface area contributed by atoms with Crippen molar-refractivity contribution >= 4 is 18.0 Å². The molecule has 2 saturated carbocycles. The molecule has 2 bridgehead atoms. The third-order valence-electron chi connectivity index (χ3n) is 4.04. The van der Waals surface area contributed by atoms with E-state index in [1.165, 1.54) is 6.42 Å². The summed E-state index contributed by atoms with van der Waals surface area (Å²) in [5, 5.41) is 22.4. The Morgan fingerprint density at radius 3 is 2.37 bits per heavy atom. The van der Waals surface area contributed by atoms with E-state index in [9.17, 15) is 14.4 Å². The second-order valence-electron chi connectivity index (χ2n) is 5.39. The molecular weight excluding hydrogens is 252 g/mol. The highest BCUT2D eigenvalue weighted by molar-refractivity contribution is 5.86. The maximum Gasteiger partial charge on any atom is 0.326 e. The second kappa shape index (κ2) is 5.46. The minimum Gasteiger partial charge on any atom is -0.481 e. The van der Waals surface area contributed by atoms with E-state index in [-0.39, 0.29) is 6.04 Å². The minimum atomic E-state index is -1.39. The van der Waals surface area contributed by atoms with Crippen molar-refractivity contribution in [3.05, 3.63) is 0 Å². The number of urea groups is 1. The van der Waals surface area contributed by atoms with Gasteiger partial charge in [0, 0.05) is 6.04 Å². The summed E-state index contributed by atoms with van der Waals surface area (Å²) < 4.78 is 0. The Morgan fingerprint density at radius 2 is 1.89 bits per heavy atom. The fourth-order valence-electron chi connectivity index (χ4n) is 3.16. The van der Waals surface area contributed by atoms with Crippen LogP contribution < -0.4 is 10.6 Å². The van der Waals surface area contributed by atoms with Crippen LogP contribution in [0.15, 0.2) is 0 Å². The molecule has 4 atom stereocenters. The van der Waals surface area contributed by atoms with Crippen LogP contribution in [-0.2, 0) is 9.59 Å². The molecule has 0 aromatic rings. The van der Waals surface area contributed by atoms with Crippen LogP contribution in [0.3, 0.4) is 0 Å². The summed E-state index contributed by atoms with van der Waals surface area (Å²) in [7, 11) is 0. The van der Waals surface area contributed by atoms with Crippen molar-refractivity contribution in [2.75, 3.05) is 0 Å². The molecule has 2 fully saturated rings. The molecule has 0 aliphatic heterocycles. The highest BCUT2D eigenvalue weighted by Crippen LogP contribution is 2.44. The zero-order chi connectivity index (χ0) is 14.0. The monoisotopic (exact) mass is 270 g/mol. The number of rotatable bonds is 5. The second-order valence-corrected chi connectivity index (χ2v) is 5.39. The van der Waals surface area contributed by atoms with Gasteiger partial charge in [0.25, 0.3) is 0 Å². The first-order chi connectivity index (χ1) is 8.95. The predicted octanol–water partition coefficient (Wildman–Crippen LogP) is 0.402. The predicted molar refractivity (Wildman–Crippen MR) is 64.6 cm³/mol. The average Bonchev–Trinajstić information content (AvgIpc) is 2.89. The number of carbonyl (C=O) groups excluding carboxylic acids is 1. The summed E-state index contributed by atoms with van der Waals surface area (Å²) in [6.45, 7) is 0. The summed E-state index contributed by atoms with van der Waals surface area (Å²) in [5.41, 5.74) is 0. The third-order valence-corrected chi connectivity index (χ3v) is 4.04. The normalized spacial score (nSPS) is 29.8. The van der Waals surface area contributed by atoms with Crippen molar-refractivity contribution < 1.29 is 24.6 Å². The number of carbonyl (C=O) groups is 3. The van der Waals surface area contributed by atoms with Gasteiger partial charge in [0.2, 0.25) is 0 Å². The van der Waals surface area contributed by atoms with Gasteiger partial charge in [-0.2, -0.15) is 0 Å². The lowest BCUT2D eigenvalue weighted by Crippen LogP contribution is -2.50. The maximum absolute atomic E-state index is 11.7. The molecular formula is C12H18N2O5. The Kier molecular flexibility index (Phi) is 3.92. The molecule has 0 spiro atoms. The highest BCUT2D eigenvalue weighted by Gasteiger charge is 2.40. The molecule has 2 aliphatic rings. The van der Waals surface area contributed by atoms with Crippen LogP contribution in [0.4, 0.5) is 4.79 Å². The molecule has 0 saturated heterocycles. The van der Waals surface area contributed by atoms with E-state index < -0.39 is 30.4 Å². The summed E-state index contributed by atoms with van der Waals surface area (Å²) in [5.74, 6) is -1.44. The largest absolute Gasteiger partial charge is 0.481 e. The number of nitrogens with one attached hydrogen (secondary N) is 2. The lowest BCUT2D eigenvalue weighted by Gasteiger charge is -2.24. The Hall–Kier alpha value is -1.79. The van der Waals surface area contributed by atoms with Gasteiger partial charge in [0.15, 0.2) is 0 Å². The molecule has 7 heteroatoms. The maximum atomic E-state index is 11.7. The van der Waals surface area contributed by atoms with Crippen molar-refractivity contribution in [3.63, 3.8) is 0 Å². The molecule has 2 amide bonds. The molecule has 0 radical (unpaired) electrons. The lowest BCUT2D eigenvalue weighted by atomic mass is 9.95. The molecule has 0 heterocycles. The number of carboxylic acids is 2. The number of amides is 2. The Balaban J connectivity index is 1.82. The molecule has 4 N–H and O–H groups in total. The van der Waals surface area contributed by atoms with E-state index in [0.717, 1.165) is 19.3 Å². The van der Waals surface area contributed by atoms with Crippen molar-refractivity contribution in [3.8, 4) is 0 Å². The summed E-state index contributed by atoms with van der Waals surface area (Å²) in [6.07, 6.45) is 3.75. The summed E-state index contributed by atoms with van der Waals surface area (Å²) in [6, 6.07) is -1.89. The van der Waals surface area contributed by atoms with E-state index in [0.29, 0.717) is 11.8 Å². The zero-order valence-corrected chi connectivity index (χ0v) is 10.5. The van der Waals surface area contributed by atoms with Gasteiger partial charge in [-0.3, -0.25) is 4.79 Å². The average molecular weight is 270 g/mol. The van der Waals surface area contributed by atoms with Crippen molar-refractivity contribution in [1.29, 1.82) is 0 Å². The van der Waals surface area contributed by atoms with E-state index in [1.807, 2.05) is 0 Å². The first-order valence-corrected chi connectivity index (χ1v) is 6.47. The number of fused-ring (bicyclic) bond motifs is 2. The molecule has 106 valence electrons. The Bertz CT molecular complexity index is 398. The van der Waals surface area contributed by atoms with Gasteiger partial charge in [0.05, 0.1) is 6.42 Å². The molecule has 2 aliphatic carbocycles. The fourth-order valence-corrected chi connectivity index (χ4v) is 3.16. The third kappa shape index (κ3) is 3.36. The number of hydrogen-bond acceptors (Lipinski definition) is 3. The standard InChI is InChI=1S/C12H18N2O5/c15-10(16)5-9(11(17)18)14-12(19)13-8-4-6-1-2-7(8)3-6/h6-9H,1-5H2,(H,15,16)(H,17,18)(H2,13,14,19)/t6?,7?,8?,9-/m1/s1. The zero-order valence-electron chi connectivity index (χ0n) is 10.5. The van der Waals surface area contributed by atoms with Crippen LogP contribution in [0.5, 0.6) is 0 Å². The fraction of sp³-hybridized carbons (Fsp3) is 0.750. The van der Waals surface area contributed by atoms with E-state index in [1.54, 1.807) is 0 Å². The molecule has 19 heavy (non-hydrogen) atoms. The van der Waals surface area contributed by atoms with Gasteiger partial charge < -0.3 is 20.8 Å². The summed E-state index contributed by atoms with van der Waals surface area (Å²) >= 11 is 0. The number of carboxylic acid groups (broad SMARTS) is 2. The van der Waals surface area contributed by atoms with Gasteiger partial charge in [-0.1, -0.05) is 6.42 Å². The van der Waals surface area contributed by atoms with E-state index in [4.69, 9.17) is 10.2 Å². The first-order valence-electron chi connectivity index (χ1n) is 6.47. The van der Waals surface area contributed by atoms with Crippen LogP contribution in [0.25, 0.3) is 0 Å². The molecule has 0 aromatic heterocycles. The smallest absolute Gasteiger partial charge is 0.326 e. The minimum absolute atomic E-state index is 0.0954. The molecule has 7 nitrogen and oxygen atoms in total. The van der Waals surface area contributed by atoms with E-state index >= 15 is 0 Å². The highest BCUT2D eigenvalue weighted by atomic mass is 16.4. The van der Waals surface area contributed by atoms with E-state index in [2.05, 4.69) is 10.6 Å². The van der Waals surface area contributed by atoms with Gasteiger partial charge in [-0.25, -0.2) is 9.59 Å². The van der Waals surface area contributed by atoms with Crippen LogP contribution in [-0.4, -0.2) is 40.3 Å². The lowest BCUT2D eigenvalue weighted by molar-refractivity contribution is -0.145. The van der Waals surface area contributed by atoms with Crippen LogP contribution >= 0.6 is 0 Å². The van der Waals surface area contributed by atoms with Gasteiger partial charge in [-0.15, -0.1) is 0 Å². The quantitative estimate of drug-likeness (QED) is 0.577. The molecule has 2 rings (SSSR count). The number of hydrogen-bond donors (Lipinski definition) is 4. The van der Waals surface area contributed by atoms with Crippen molar-refractivity contribution in [1.82, 2.24) is 10.6 Å². The van der Waals surface area contributed by atoms with Crippen LogP contribution in [0.1, 0.15) is 32.1 Å². The van der Waals surface area contributed by atoms with Gasteiger partial charge in [0.1, 0.15) is 6.04 Å².